The van der Waals surface area contributed by atoms with E-state index in [9.17, 15) is 4.79 Å². The first-order chi connectivity index (χ1) is 9.72. The number of aromatic nitrogens is 1. The number of rotatable bonds is 3. The summed E-state index contributed by atoms with van der Waals surface area (Å²) in [6.07, 6.45) is -0.438. The number of anilines is 1. The molecule has 3 rings (SSSR count). The molecule has 0 spiro atoms. The second-order valence-electron chi connectivity index (χ2n) is 4.22. The normalized spacial score (nSPS) is 18.0. The Labute approximate surface area is 144 Å². The maximum Gasteiger partial charge on any atom is 0.256 e. The van der Waals surface area contributed by atoms with Gasteiger partial charge in [-0.3, -0.25) is 10.1 Å². The molecule has 5 nitrogen and oxygen atoms in total. The zero-order valence-corrected chi connectivity index (χ0v) is 14.8. The maximum atomic E-state index is 12.0. The lowest BCUT2D eigenvalue weighted by Crippen LogP contribution is -2.45. The summed E-state index contributed by atoms with van der Waals surface area (Å²) in [6, 6.07) is 2.01. The highest BCUT2D eigenvalue weighted by Gasteiger charge is 2.22. The van der Waals surface area contributed by atoms with Crippen LogP contribution in [0.1, 0.15) is 0 Å². The molecule has 1 atom stereocenters. The number of amides is 1. The number of nitrogens with one attached hydrogen (secondary N) is 2. The molecule has 1 aliphatic heterocycles. The van der Waals surface area contributed by atoms with Crippen molar-refractivity contribution >= 4 is 62.0 Å². The molecule has 21 heavy (non-hydrogen) atoms. The van der Waals surface area contributed by atoms with E-state index in [0.29, 0.717) is 18.3 Å². The van der Waals surface area contributed by atoms with Crippen molar-refractivity contribution in [3.63, 3.8) is 0 Å². The Hall–Kier alpha value is -0.510. The minimum absolute atomic E-state index is 0. The lowest BCUT2D eigenvalue weighted by molar-refractivity contribution is -0.128. The van der Waals surface area contributed by atoms with Crippen molar-refractivity contribution in [2.75, 3.05) is 25.0 Å². The molecule has 0 bridgehead atoms. The largest absolute Gasteiger partial charge is 0.366 e. The lowest BCUT2D eigenvalue weighted by atomic mass is 10.3. The number of carbonyl (C=O) groups is 1. The van der Waals surface area contributed by atoms with Gasteiger partial charge in [0.1, 0.15) is 6.10 Å². The number of hydrogen-bond donors (Lipinski definition) is 2. The van der Waals surface area contributed by atoms with Crippen molar-refractivity contribution in [3.05, 3.63) is 21.3 Å². The molecule has 0 unspecified atom stereocenters. The van der Waals surface area contributed by atoms with Gasteiger partial charge >= 0.3 is 0 Å². The third kappa shape index (κ3) is 4.24. The average Bonchev–Trinajstić information content (AvgIpc) is 3.09. The molecule has 0 aliphatic carbocycles. The van der Waals surface area contributed by atoms with Gasteiger partial charge in [0.25, 0.3) is 5.91 Å². The molecule has 0 saturated carbocycles. The van der Waals surface area contributed by atoms with E-state index in [0.717, 1.165) is 21.6 Å². The van der Waals surface area contributed by atoms with E-state index in [1.807, 2.05) is 16.8 Å². The van der Waals surface area contributed by atoms with Gasteiger partial charge in [-0.15, -0.1) is 35.1 Å². The van der Waals surface area contributed by atoms with Crippen molar-refractivity contribution in [2.24, 2.45) is 0 Å². The molecule has 1 fully saturated rings. The number of thiazole rings is 1. The van der Waals surface area contributed by atoms with E-state index in [1.54, 1.807) is 11.3 Å². The minimum atomic E-state index is -0.438. The van der Waals surface area contributed by atoms with Crippen LogP contribution in [-0.2, 0) is 9.53 Å². The summed E-state index contributed by atoms with van der Waals surface area (Å²) < 4.78 is 6.44. The van der Waals surface area contributed by atoms with Crippen molar-refractivity contribution in [1.29, 1.82) is 0 Å². The van der Waals surface area contributed by atoms with Crippen LogP contribution in [0.2, 0.25) is 0 Å². The summed E-state index contributed by atoms with van der Waals surface area (Å²) in [4.78, 5) is 17.5. The van der Waals surface area contributed by atoms with Crippen LogP contribution >= 0.6 is 51.0 Å². The summed E-state index contributed by atoms with van der Waals surface area (Å²) in [6.45, 7) is 1.89. The van der Waals surface area contributed by atoms with Gasteiger partial charge in [0.15, 0.2) is 5.13 Å². The summed E-state index contributed by atoms with van der Waals surface area (Å²) in [5.41, 5.74) is 0.878. The third-order valence-electron chi connectivity index (χ3n) is 2.77. The quantitative estimate of drug-likeness (QED) is 0.816. The van der Waals surface area contributed by atoms with E-state index >= 15 is 0 Å². The van der Waals surface area contributed by atoms with Crippen molar-refractivity contribution in [3.8, 4) is 10.6 Å². The van der Waals surface area contributed by atoms with Crippen molar-refractivity contribution in [1.82, 2.24) is 10.3 Å². The Morgan fingerprint density at radius 3 is 3.00 bits per heavy atom. The second-order valence-corrected chi connectivity index (χ2v) is 6.90. The average molecular weight is 411 g/mol. The zero-order valence-electron chi connectivity index (χ0n) is 10.8. The molecular weight excluding hydrogens is 398 g/mol. The zero-order chi connectivity index (χ0) is 13.9. The molecule has 114 valence electrons. The fraction of sp³-hybridized carbons (Fsp3) is 0.333. The molecule has 9 heteroatoms. The lowest BCUT2D eigenvalue weighted by Gasteiger charge is -2.22. The van der Waals surface area contributed by atoms with Crippen molar-refractivity contribution in [2.45, 2.75) is 6.10 Å². The highest BCUT2D eigenvalue weighted by Crippen LogP contribution is 2.31. The molecule has 2 N–H and O–H groups in total. The van der Waals surface area contributed by atoms with Crippen LogP contribution < -0.4 is 10.6 Å². The predicted molar refractivity (Wildman–Crippen MR) is 91.6 cm³/mol. The van der Waals surface area contributed by atoms with Gasteiger partial charge in [0.2, 0.25) is 0 Å². The van der Waals surface area contributed by atoms with Gasteiger partial charge in [0.05, 0.1) is 17.2 Å². The van der Waals surface area contributed by atoms with Crippen LogP contribution in [0.3, 0.4) is 0 Å². The van der Waals surface area contributed by atoms with E-state index in [1.165, 1.54) is 11.3 Å². The third-order valence-corrected chi connectivity index (χ3v) is 5.25. The van der Waals surface area contributed by atoms with Gasteiger partial charge < -0.3 is 10.1 Å². The van der Waals surface area contributed by atoms with Gasteiger partial charge in [-0.1, -0.05) is 0 Å². The number of hydrogen-bond acceptors (Lipinski definition) is 6. The first kappa shape index (κ1) is 16.9. The Kier molecular flexibility index (Phi) is 6.15. The van der Waals surface area contributed by atoms with Crippen LogP contribution in [0.15, 0.2) is 21.3 Å². The highest BCUT2D eigenvalue weighted by atomic mass is 79.9. The highest BCUT2D eigenvalue weighted by molar-refractivity contribution is 9.10. The Morgan fingerprint density at radius 1 is 1.48 bits per heavy atom. The summed E-state index contributed by atoms with van der Waals surface area (Å²) in [5, 5.41) is 10.5. The van der Waals surface area contributed by atoms with E-state index in [2.05, 4.69) is 31.5 Å². The van der Waals surface area contributed by atoms with E-state index in [4.69, 9.17) is 4.74 Å². The molecular formula is C12H13BrClN3O2S2. The molecule has 0 radical (unpaired) electrons. The smallest absolute Gasteiger partial charge is 0.256 e. The predicted octanol–water partition coefficient (Wildman–Crippen LogP) is 2.98. The van der Waals surface area contributed by atoms with Crippen LogP contribution in [0, 0.1) is 0 Å². The van der Waals surface area contributed by atoms with Crippen LogP contribution in [0.25, 0.3) is 10.6 Å². The van der Waals surface area contributed by atoms with E-state index < -0.39 is 6.10 Å². The minimum Gasteiger partial charge on any atom is -0.366 e. The van der Waals surface area contributed by atoms with E-state index in [-0.39, 0.29) is 18.3 Å². The molecule has 3 heterocycles. The van der Waals surface area contributed by atoms with Gasteiger partial charge in [-0.05, 0) is 22.0 Å². The summed E-state index contributed by atoms with van der Waals surface area (Å²) in [5.74, 6) is -0.148. The van der Waals surface area contributed by atoms with Crippen LogP contribution in [0.5, 0.6) is 0 Å². The van der Waals surface area contributed by atoms with Crippen molar-refractivity contribution < 1.29 is 9.53 Å². The number of morpholine rings is 1. The first-order valence-electron chi connectivity index (χ1n) is 6.05. The molecule has 0 aromatic carbocycles. The number of halogens is 2. The molecule has 2 aromatic heterocycles. The fourth-order valence-corrected chi connectivity index (χ4v) is 3.99. The summed E-state index contributed by atoms with van der Waals surface area (Å²) in [7, 11) is 0. The van der Waals surface area contributed by atoms with Gasteiger partial charge in [0, 0.05) is 28.3 Å². The Bertz CT molecular complexity index is 613. The van der Waals surface area contributed by atoms with Crippen LogP contribution in [-0.4, -0.2) is 36.7 Å². The standard InChI is InChI=1S/C12H12BrN3O2S2.ClH/c13-7-3-10(19-5-7)8-6-20-12(15-8)16-11(17)9-4-14-1-2-18-9;/h3,5-6,9,14H,1-2,4H2,(H,15,16,17);1H/t9-;/m1./s1. The Balaban J connectivity index is 0.00000161. The number of nitrogens with zero attached hydrogens (tertiary/aromatic N) is 1. The number of carbonyl (C=O) groups excluding carboxylic acids is 1. The van der Waals surface area contributed by atoms with Crippen LogP contribution in [0.4, 0.5) is 5.13 Å². The topological polar surface area (TPSA) is 63.2 Å². The number of thiophene rings is 1. The Morgan fingerprint density at radius 2 is 2.33 bits per heavy atom. The molecule has 1 amide bonds. The van der Waals surface area contributed by atoms with Gasteiger partial charge in [-0.2, -0.15) is 0 Å². The fourth-order valence-electron chi connectivity index (χ4n) is 1.81. The molecule has 1 saturated heterocycles. The SMILES string of the molecule is Cl.O=C(Nc1nc(-c2cc(Br)cs2)cs1)[C@H]1CNCCO1. The molecule has 1 aliphatic rings. The summed E-state index contributed by atoms with van der Waals surface area (Å²) >= 11 is 6.45. The maximum absolute atomic E-state index is 12.0. The molecule has 2 aromatic rings. The van der Waals surface area contributed by atoms with Gasteiger partial charge in [-0.25, -0.2) is 4.98 Å². The monoisotopic (exact) mass is 409 g/mol. The number of ether oxygens (including phenoxy) is 1. The first-order valence-corrected chi connectivity index (χ1v) is 8.61. The second kappa shape index (κ2) is 7.66.